The van der Waals surface area contributed by atoms with Gasteiger partial charge in [-0.2, -0.15) is 0 Å². The first-order chi connectivity index (χ1) is 13.8. The Morgan fingerprint density at radius 1 is 1.25 bits per heavy atom. The number of carbonyl (C=O) groups excluding carboxylic acids is 1. The van der Waals surface area contributed by atoms with E-state index in [1.807, 2.05) is 48.2 Å². The summed E-state index contributed by atoms with van der Waals surface area (Å²) in [6, 6.07) is 11.5. The second-order valence-corrected chi connectivity index (χ2v) is 7.24. The van der Waals surface area contributed by atoms with E-state index in [1.54, 1.807) is 6.20 Å². The standard InChI is InChI=1S/C22H27N3O3/c1-2-27-17-11-9-16(10-12-17)24-21-18(6-5-13-23-21)22(26)25-14-15-28-20-8-4-3-7-19(20)25/h5-6,9-13,19-20H,2-4,7-8,14-15H2,1H3,(H,23,24)/t19-,20+/m0/s1. The number of nitrogens with zero attached hydrogens (tertiary/aromatic N) is 2. The van der Waals surface area contributed by atoms with Crippen molar-refractivity contribution in [2.45, 2.75) is 44.8 Å². The molecule has 2 aliphatic rings. The van der Waals surface area contributed by atoms with Gasteiger partial charge in [0.2, 0.25) is 0 Å². The molecule has 2 heterocycles. The zero-order valence-electron chi connectivity index (χ0n) is 16.3. The van der Waals surface area contributed by atoms with Crippen molar-refractivity contribution in [3.05, 3.63) is 48.2 Å². The minimum absolute atomic E-state index is 0.0294. The van der Waals surface area contributed by atoms with Gasteiger partial charge < -0.3 is 19.7 Å². The fourth-order valence-corrected chi connectivity index (χ4v) is 4.12. The average Bonchev–Trinajstić information content (AvgIpc) is 2.75. The van der Waals surface area contributed by atoms with Crippen LogP contribution in [0, 0.1) is 0 Å². The van der Waals surface area contributed by atoms with E-state index in [-0.39, 0.29) is 18.1 Å². The summed E-state index contributed by atoms with van der Waals surface area (Å²) in [6.45, 7) is 3.83. The molecule has 1 aliphatic heterocycles. The van der Waals surface area contributed by atoms with Crippen molar-refractivity contribution in [2.24, 2.45) is 0 Å². The van der Waals surface area contributed by atoms with Crippen LogP contribution in [-0.4, -0.2) is 47.7 Å². The first-order valence-corrected chi connectivity index (χ1v) is 10.1. The quantitative estimate of drug-likeness (QED) is 0.848. The van der Waals surface area contributed by atoms with Gasteiger partial charge in [0.15, 0.2) is 0 Å². The van der Waals surface area contributed by atoms with Crippen LogP contribution in [0.15, 0.2) is 42.6 Å². The highest BCUT2D eigenvalue weighted by Crippen LogP contribution is 2.31. The van der Waals surface area contributed by atoms with Crippen molar-refractivity contribution in [1.82, 2.24) is 9.88 Å². The number of pyridine rings is 1. The predicted octanol–water partition coefficient (Wildman–Crippen LogP) is 4.01. The summed E-state index contributed by atoms with van der Waals surface area (Å²) in [7, 11) is 0. The number of benzene rings is 1. The zero-order valence-corrected chi connectivity index (χ0v) is 16.3. The summed E-state index contributed by atoms with van der Waals surface area (Å²) in [5, 5.41) is 3.29. The van der Waals surface area contributed by atoms with Crippen LogP contribution in [0.5, 0.6) is 5.75 Å². The lowest BCUT2D eigenvalue weighted by molar-refractivity contribution is -0.0752. The second-order valence-electron chi connectivity index (χ2n) is 7.24. The topological polar surface area (TPSA) is 63.7 Å². The zero-order chi connectivity index (χ0) is 19.3. The maximum absolute atomic E-state index is 13.4. The first-order valence-electron chi connectivity index (χ1n) is 10.1. The Morgan fingerprint density at radius 3 is 2.89 bits per heavy atom. The molecule has 1 N–H and O–H groups in total. The molecular formula is C22H27N3O3. The summed E-state index contributed by atoms with van der Waals surface area (Å²) in [5.41, 5.74) is 1.47. The lowest BCUT2D eigenvalue weighted by atomic mass is 9.89. The molecule has 0 spiro atoms. The van der Waals surface area contributed by atoms with Crippen molar-refractivity contribution < 1.29 is 14.3 Å². The molecule has 2 atom stereocenters. The van der Waals surface area contributed by atoms with E-state index >= 15 is 0 Å². The van der Waals surface area contributed by atoms with E-state index in [4.69, 9.17) is 9.47 Å². The second kappa shape index (κ2) is 8.61. The number of fused-ring (bicyclic) bond motifs is 1. The van der Waals surface area contributed by atoms with Crippen LogP contribution in [0.1, 0.15) is 43.0 Å². The number of aromatic nitrogens is 1. The molecule has 2 aromatic rings. The van der Waals surface area contributed by atoms with Gasteiger partial charge in [0.05, 0.1) is 30.9 Å². The highest BCUT2D eigenvalue weighted by Gasteiger charge is 2.37. The number of rotatable bonds is 5. The van der Waals surface area contributed by atoms with Crippen LogP contribution in [-0.2, 0) is 4.74 Å². The van der Waals surface area contributed by atoms with Gasteiger partial charge in [-0.25, -0.2) is 4.98 Å². The van der Waals surface area contributed by atoms with Gasteiger partial charge in [-0.05, 0) is 56.2 Å². The molecule has 1 amide bonds. The Labute approximate surface area is 165 Å². The highest BCUT2D eigenvalue weighted by atomic mass is 16.5. The van der Waals surface area contributed by atoms with E-state index in [2.05, 4.69) is 10.3 Å². The molecule has 6 nitrogen and oxygen atoms in total. The normalized spacial score (nSPS) is 21.7. The van der Waals surface area contributed by atoms with Crippen molar-refractivity contribution in [3.8, 4) is 5.75 Å². The molecule has 6 heteroatoms. The summed E-state index contributed by atoms with van der Waals surface area (Å²) in [5.74, 6) is 1.43. The Balaban J connectivity index is 1.54. The number of anilines is 2. The van der Waals surface area contributed by atoms with Crippen molar-refractivity contribution in [2.75, 3.05) is 25.1 Å². The third-order valence-corrected chi connectivity index (χ3v) is 5.46. The van der Waals surface area contributed by atoms with Gasteiger partial charge in [-0.1, -0.05) is 12.8 Å². The molecule has 1 aromatic carbocycles. The average molecular weight is 381 g/mol. The maximum Gasteiger partial charge on any atom is 0.258 e. The molecule has 1 aromatic heterocycles. The van der Waals surface area contributed by atoms with Crippen molar-refractivity contribution in [3.63, 3.8) is 0 Å². The van der Waals surface area contributed by atoms with Crippen molar-refractivity contribution in [1.29, 1.82) is 0 Å². The molecule has 148 valence electrons. The summed E-state index contributed by atoms with van der Waals surface area (Å²) in [6.07, 6.45) is 6.26. The molecular weight excluding hydrogens is 354 g/mol. The Morgan fingerprint density at radius 2 is 2.07 bits per heavy atom. The van der Waals surface area contributed by atoms with E-state index in [0.29, 0.717) is 31.1 Å². The number of hydrogen-bond acceptors (Lipinski definition) is 5. The van der Waals surface area contributed by atoms with Gasteiger partial charge in [-0.3, -0.25) is 4.79 Å². The number of nitrogens with one attached hydrogen (secondary N) is 1. The van der Waals surface area contributed by atoms with E-state index < -0.39 is 0 Å². The number of morpholine rings is 1. The number of hydrogen-bond donors (Lipinski definition) is 1. The third kappa shape index (κ3) is 3.97. The largest absolute Gasteiger partial charge is 0.494 e. The van der Waals surface area contributed by atoms with Gasteiger partial charge in [-0.15, -0.1) is 0 Å². The van der Waals surface area contributed by atoms with Gasteiger partial charge >= 0.3 is 0 Å². The molecule has 28 heavy (non-hydrogen) atoms. The minimum Gasteiger partial charge on any atom is -0.494 e. The van der Waals surface area contributed by atoms with Crippen LogP contribution < -0.4 is 10.1 Å². The smallest absolute Gasteiger partial charge is 0.258 e. The van der Waals surface area contributed by atoms with Crippen LogP contribution >= 0.6 is 0 Å². The lowest BCUT2D eigenvalue weighted by Crippen LogP contribution is -2.54. The predicted molar refractivity (Wildman–Crippen MR) is 108 cm³/mol. The summed E-state index contributed by atoms with van der Waals surface area (Å²) in [4.78, 5) is 19.8. The molecule has 1 aliphatic carbocycles. The fraction of sp³-hybridized carbons (Fsp3) is 0.455. The number of amides is 1. The molecule has 1 saturated heterocycles. The molecule has 0 radical (unpaired) electrons. The van der Waals surface area contributed by atoms with Crippen molar-refractivity contribution >= 4 is 17.4 Å². The van der Waals surface area contributed by atoms with Crippen LogP contribution in [0.2, 0.25) is 0 Å². The minimum atomic E-state index is 0.0294. The van der Waals surface area contributed by atoms with E-state index in [0.717, 1.165) is 30.7 Å². The summed E-state index contributed by atoms with van der Waals surface area (Å²) < 4.78 is 11.4. The maximum atomic E-state index is 13.4. The molecule has 2 fully saturated rings. The molecule has 4 rings (SSSR count). The van der Waals surface area contributed by atoms with Gasteiger partial charge in [0, 0.05) is 18.4 Å². The number of ether oxygens (including phenoxy) is 2. The fourth-order valence-electron chi connectivity index (χ4n) is 4.12. The monoisotopic (exact) mass is 381 g/mol. The van der Waals surface area contributed by atoms with Crippen LogP contribution in [0.4, 0.5) is 11.5 Å². The van der Waals surface area contributed by atoms with Gasteiger partial charge in [0.1, 0.15) is 11.6 Å². The van der Waals surface area contributed by atoms with Crippen LogP contribution in [0.3, 0.4) is 0 Å². The Kier molecular flexibility index (Phi) is 5.76. The first kappa shape index (κ1) is 18.7. The van der Waals surface area contributed by atoms with E-state index in [1.165, 1.54) is 6.42 Å². The molecule has 0 bridgehead atoms. The SMILES string of the molecule is CCOc1ccc(Nc2ncccc2C(=O)N2CCO[C@@H]3CCCC[C@@H]32)cc1. The van der Waals surface area contributed by atoms with Gasteiger partial charge in [0.25, 0.3) is 5.91 Å². The van der Waals surface area contributed by atoms with E-state index in [9.17, 15) is 4.79 Å². The molecule has 0 unspecified atom stereocenters. The van der Waals surface area contributed by atoms with Crippen LogP contribution in [0.25, 0.3) is 0 Å². The lowest BCUT2D eigenvalue weighted by Gasteiger charge is -2.43. The summed E-state index contributed by atoms with van der Waals surface area (Å²) >= 11 is 0. The molecule has 1 saturated carbocycles. The Bertz CT molecular complexity index is 807. The Hall–Kier alpha value is -2.60. The highest BCUT2D eigenvalue weighted by molar-refractivity contribution is 5.99. The number of carbonyl (C=O) groups is 1. The third-order valence-electron chi connectivity index (χ3n) is 5.46.